The summed E-state index contributed by atoms with van der Waals surface area (Å²) in [5.74, 6) is 1.46. The monoisotopic (exact) mass is 410 g/mol. The molecule has 1 saturated carbocycles. The summed E-state index contributed by atoms with van der Waals surface area (Å²) in [6.45, 7) is 5.21. The minimum absolute atomic E-state index is 0.237. The molecule has 1 aromatic carbocycles. The van der Waals surface area contributed by atoms with Crippen LogP contribution in [-0.2, 0) is 6.54 Å². The molecule has 2 aliphatic rings. The summed E-state index contributed by atoms with van der Waals surface area (Å²) in [5.41, 5.74) is 2.56. The molecule has 5 atom stereocenters. The van der Waals surface area contributed by atoms with Crippen molar-refractivity contribution in [2.45, 2.75) is 57.2 Å². The Balaban J connectivity index is 1.42. The number of aliphatic hydroxyl groups excluding tert-OH is 2. The van der Waals surface area contributed by atoms with Crippen molar-refractivity contribution in [3.63, 3.8) is 0 Å². The zero-order valence-electron chi connectivity index (χ0n) is 17.0. The lowest BCUT2D eigenvalue weighted by Gasteiger charge is -2.21. The molecule has 0 radical (unpaired) electrons. The van der Waals surface area contributed by atoms with Gasteiger partial charge in [0.1, 0.15) is 48.4 Å². The Morgan fingerprint density at radius 3 is 2.93 bits per heavy atom. The molecule has 0 saturated heterocycles. The fourth-order valence-corrected chi connectivity index (χ4v) is 4.40. The fourth-order valence-electron chi connectivity index (χ4n) is 4.40. The van der Waals surface area contributed by atoms with Crippen LogP contribution in [0.4, 0.5) is 0 Å². The van der Waals surface area contributed by atoms with Crippen LogP contribution in [0, 0.1) is 6.92 Å². The molecule has 5 rings (SSSR count). The Bertz CT molecular complexity index is 1070. The molecule has 1 aliphatic heterocycles. The van der Waals surface area contributed by atoms with E-state index in [0.717, 1.165) is 28.0 Å². The topological polar surface area (TPSA) is 102 Å². The molecule has 8 nitrogen and oxygen atoms in total. The van der Waals surface area contributed by atoms with Crippen molar-refractivity contribution in [1.29, 1.82) is 0 Å². The highest BCUT2D eigenvalue weighted by Crippen LogP contribution is 2.38. The average molecular weight is 410 g/mol. The number of ether oxygens (including phenoxy) is 2. The number of benzene rings is 1. The number of hydrogen-bond donors (Lipinski definition) is 3. The van der Waals surface area contributed by atoms with Gasteiger partial charge in [-0.1, -0.05) is 6.07 Å². The number of fused-ring (bicyclic) bond motifs is 2. The van der Waals surface area contributed by atoms with E-state index >= 15 is 0 Å². The number of aliphatic hydroxyl groups is 2. The smallest absolute Gasteiger partial charge is 0.143 e. The summed E-state index contributed by atoms with van der Waals surface area (Å²) in [6, 6.07) is 7.54. The molecule has 8 heteroatoms. The summed E-state index contributed by atoms with van der Waals surface area (Å²) in [4.78, 5) is 8.61. The Kier molecular flexibility index (Phi) is 4.85. The zero-order chi connectivity index (χ0) is 20.8. The maximum Gasteiger partial charge on any atom is 0.143 e. The molecular formula is C22H26N4O4. The average Bonchev–Trinajstić information content (AvgIpc) is 3.21. The number of hydrogen-bond acceptors (Lipinski definition) is 7. The molecule has 1 aliphatic carbocycles. The summed E-state index contributed by atoms with van der Waals surface area (Å²) < 4.78 is 14.0. The van der Waals surface area contributed by atoms with E-state index in [1.807, 2.05) is 42.0 Å². The molecule has 158 valence electrons. The van der Waals surface area contributed by atoms with Gasteiger partial charge in [0, 0.05) is 36.2 Å². The van der Waals surface area contributed by atoms with E-state index in [4.69, 9.17) is 9.47 Å². The highest BCUT2D eigenvalue weighted by atomic mass is 16.5. The Hall–Kier alpha value is -2.68. The second kappa shape index (κ2) is 7.54. The molecule has 30 heavy (non-hydrogen) atoms. The minimum Gasteiger partial charge on any atom is -0.491 e. The molecule has 0 amide bonds. The number of rotatable bonds is 3. The van der Waals surface area contributed by atoms with Crippen molar-refractivity contribution >= 4 is 11.0 Å². The van der Waals surface area contributed by atoms with E-state index in [1.165, 1.54) is 6.33 Å². The van der Waals surface area contributed by atoms with Gasteiger partial charge in [0.15, 0.2) is 0 Å². The van der Waals surface area contributed by atoms with Crippen LogP contribution in [0.15, 0.2) is 36.8 Å². The van der Waals surface area contributed by atoms with Gasteiger partial charge in [-0.2, -0.15) is 0 Å². The van der Waals surface area contributed by atoms with Crippen LogP contribution < -0.4 is 14.8 Å². The lowest BCUT2D eigenvalue weighted by molar-refractivity contribution is -0.0166. The van der Waals surface area contributed by atoms with Gasteiger partial charge in [-0.15, -0.1) is 0 Å². The predicted octanol–water partition coefficient (Wildman–Crippen LogP) is 1.72. The van der Waals surface area contributed by atoms with Gasteiger partial charge in [0.05, 0.1) is 11.7 Å². The first kappa shape index (κ1) is 19.3. The van der Waals surface area contributed by atoms with Crippen LogP contribution >= 0.6 is 0 Å². The van der Waals surface area contributed by atoms with Gasteiger partial charge in [-0.25, -0.2) is 9.97 Å². The molecule has 3 heterocycles. The van der Waals surface area contributed by atoms with Gasteiger partial charge in [-0.05, 0) is 32.0 Å². The maximum atomic E-state index is 10.8. The molecular weight excluding hydrogens is 384 g/mol. The van der Waals surface area contributed by atoms with Gasteiger partial charge < -0.3 is 29.6 Å². The van der Waals surface area contributed by atoms with Crippen molar-refractivity contribution in [2.24, 2.45) is 0 Å². The minimum atomic E-state index is -1.01. The Morgan fingerprint density at radius 2 is 2.07 bits per heavy atom. The van der Waals surface area contributed by atoms with Gasteiger partial charge in [-0.3, -0.25) is 0 Å². The Morgan fingerprint density at radius 1 is 1.20 bits per heavy atom. The van der Waals surface area contributed by atoms with E-state index in [1.54, 1.807) is 0 Å². The van der Waals surface area contributed by atoms with Gasteiger partial charge in [0.2, 0.25) is 0 Å². The van der Waals surface area contributed by atoms with Crippen molar-refractivity contribution in [2.75, 3.05) is 6.61 Å². The lowest BCUT2D eigenvalue weighted by Crippen LogP contribution is -2.34. The number of nitrogens with one attached hydrogen (secondary N) is 1. The summed E-state index contributed by atoms with van der Waals surface area (Å²) in [5, 5.41) is 25.9. The first-order valence-electron chi connectivity index (χ1n) is 10.3. The van der Waals surface area contributed by atoms with Crippen molar-refractivity contribution in [3.8, 4) is 11.5 Å². The highest BCUT2D eigenvalue weighted by Gasteiger charge is 2.44. The second-order valence-electron chi connectivity index (χ2n) is 8.19. The second-order valence-corrected chi connectivity index (χ2v) is 8.19. The quantitative estimate of drug-likeness (QED) is 0.604. The summed E-state index contributed by atoms with van der Waals surface area (Å²) in [7, 11) is 0. The molecule has 3 aromatic rings. The zero-order valence-corrected chi connectivity index (χ0v) is 17.0. The van der Waals surface area contributed by atoms with Crippen LogP contribution in [0.3, 0.4) is 0 Å². The normalized spacial score (nSPS) is 28.7. The van der Waals surface area contributed by atoms with Crippen molar-refractivity contribution in [3.05, 3.63) is 48.0 Å². The van der Waals surface area contributed by atoms with Crippen LogP contribution in [0.5, 0.6) is 11.5 Å². The van der Waals surface area contributed by atoms with Crippen LogP contribution in [0.25, 0.3) is 11.0 Å². The summed E-state index contributed by atoms with van der Waals surface area (Å²) in [6.07, 6.45) is 1.36. The molecule has 0 spiro atoms. The van der Waals surface area contributed by atoms with Crippen LogP contribution in [0.2, 0.25) is 0 Å². The van der Waals surface area contributed by atoms with Crippen molar-refractivity contribution < 1.29 is 19.7 Å². The van der Waals surface area contributed by atoms with Crippen molar-refractivity contribution in [1.82, 2.24) is 19.9 Å². The molecule has 0 bridgehead atoms. The third-order valence-corrected chi connectivity index (χ3v) is 6.15. The van der Waals surface area contributed by atoms with Gasteiger partial charge in [0.25, 0.3) is 0 Å². The number of nitrogens with zero attached hydrogens (tertiary/aromatic N) is 3. The van der Waals surface area contributed by atoms with E-state index < -0.39 is 18.3 Å². The third kappa shape index (κ3) is 3.21. The fraction of sp³-hybridized carbons (Fsp3) is 0.455. The van der Waals surface area contributed by atoms with E-state index in [0.29, 0.717) is 25.3 Å². The number of aromatic nitrogens is 3. The molecule has 1 fully saturated rings. The SMILES string of the molecule is Cc1ncnc2c1ccn2[C@@H]1C[C@H](Oc2cccc3c2CN[C@@H](C)CO3)[C@@H](O)[C@H]1O. The third-order valence-electron chi connectivity index (χ3n) is 6.15. The lowest BCUT2D eigenvalue weighted by atomic mass is 10.1. The largest absolute Gasteiger partial charge is 0.491 e. The first-order chi connectivity index (χ1) is 14.5. The van der Waals surface area contributed by atoms with Crippen LogP contribution in [0.1, 0.15) is 30.6 Å². The number of aryl methyl sites for hydroxylation is 1. The van der Waals surface area contributed by atoms with E-state index in [-0.39, 0.29) is 12.1 Å². The Labute approximate surface area is 174 Å². The van der Waals surface area contributed by atoms with E-state index in [2.05, 4.69) is 22.2 Å². The molecule has 0 unspecified atom stereocenters. The highest BCUT2D eigenvalue weighted by molar-refractivity contribution is 5.78. The standard InChI is InChI=1S/C22H26N4O4/c1-12-10-29-17-4-3-5-18(15(17)9-23-12)30-19-8-16(20(27)21(19)28)26-7-6-14-13(2)24-11-25-22(14)26/h3-7,11-12,16,19-21,23,27-28H,8-10H2,1-2H3/t12-,16+,19-,20-,21+/m0/s1. The first-order valence-corrected chi connectivity index (χ1v) is 10.3. The van der Waals surface area contributed by atoms with E-state index in [9.17, 15) is 10.2 Å². The summed E-state index contributed by atoms with van der Waals surface area (Å²) >= 11 is 0. The predicted molar refractivity (Wildman–Crippen MR) is 111 cm³/mol. The molecule has 2 aromatic heterocycles. The molecule has 3 N–H and O–H groups in total. The van der Waals surface area contributed by atoms with Crippen LogP contribution in [-0.4, -0.2) is 55.7 Å². The maximum absolute atomic E-state index is 10.8. The van der Waals surface area contributed by atoms with Gasteiger partial charge >= 0.3 is 0 Å².